The van der Waals surface area contributed by atoms with Gasteiger partial charge in [-0.25, -0.2) is 4.79 Å². The van der Waals surface area contributed by atoms with E-state index in [-0.39, 0.29) is 11.3 Å². The normalized spacial score (nSPS) is 11.3. The third-order valence-electron chi connectivity index (χ3n) is 4.43. The number of carbonyl (C=O) groups excluding carboxylic acids is 2. The molecule has 0 aliphatic rings. The fraction of sp³-hybridized carbons (Fsp3) is 0.167. The maximum Gasteiger partial charge on any atom is 0.343 e. The summed E-state index contributed by atoms with van der Waals surface area (Å²) in [5.41, 5.74) is 0.859. The molecule has 0 aliphatic carbocycles. The summed E-state index contributed by atoms with van der Waals surface area (Å²) in [5.74, 6) is -0.816. The van der Waals surface area contributed by atoms with Gasteiger partial charge in [0, 0.05) is 11.6 Å². The average molecular weight is 421 g/mol. The Hall–Kier alpha value is -4.00. The molecule has 0 aromatic heterocycles. The minimum atomic E-state index is -1.25. The van der Waals surface area contributed by atoms with Crippen molar-refractivity contribution in [1.82, 2.24) is 0 Å². The third-order valence-corrected chi connectivity index (χ3v) is 4.43. The van der Waals surface area contributed by atoms with E-state index in [1.807, 2.05) is 6.92 Å². The molecule has 31 heavy (non-hydrogen) atoms. The topological polar surface area (TPSA) is 94.1 Å². The van der Waals surface area contributed by atoms with Gasteiger partial charge in [-0.3, -0.25) is 4.79 Å². The number of hydrogen-bond acceptors (Lipinski definition) is 6. The Morgan fingerprint density at radius 2 is 1.71 bits per heavy atom. The van der Waals surface area contributed by atoms with Gasteiger partial charge in [-0.2, -0.15) is 0 Å². The number of aromatic hydroxyl groups is 1. The van der Waals surface area contributed by atoms with Crippen molar-refractivity contribution in [3.8, 4) is 17.2 Å². The standard InChI is InChI=1S/C24H23NO6/c1-3-30-21-12-8-7-11-19(21)25-23(27)22(16-9-5-4-6-10-16)31-24(28)18-14-13-17(29-2)15-20(18)26/h4-15,22,26H,3H2,1-2H3,(H,25,27). The fourth-order valence-electron chi connectivity index (χ4n) is 2.93. The summed E-state index contributed by atoms with van der Waals surface area (Å²) in [7, 11) is 1.45. The van der Waals surface area contributed by atoms with Gasteiger partial charge >= 0.3 is 5.97 Å². The van der Waals surface area contributed by atoms with Crippen molar-refractivity contribution in [2.75, 3.05) is 19.0 Å². The molecule has 0 saturated heterocycles. The van der Waals surface area contributed by atoms with Gasteiger partial charge in [-0.05, 0) is 31.2 Å². The number of carbonyl (C=O) groups is 2. The molecule has 1 atom stereocenters. The molecule has 1 amide bonds. The lowest BCUT2D eigenvalue weighted by Gasteiger charge is -2.19. The van der Waals surface area contributed by atoms with E-state index in [2.05, 4.69) is 5.32 Å². The number of amides is 1. The van der Waals surface area contributed by atoms with E-state index in [4.69, 9.17) is 14.2 Å². The molecule has 3 rings (SSSR count). The molecule has 0 heterocycles. The maximum atomic E-state index is 13.1. The zero-order valence-corrected chi connectivity index (χ0v) is 17.2. The van der Waals surface area contributed by atoms with Crippen LogP contribution in [0.5, 0.6) is 17.2 Å². The van der Waals surface area contributed by atoms with Crippen molar-refractivity contribution in [1.29, 1.82) is 0 Å². The Balaban J connectivity index is 1.87. The quantitative estimate of drug-likeness (QED) is 0.526. The highest BCUT2D eigenvalue weighted by molar-refractivity contribution is 5.99. The van der Waals surface area contributed by atoms with Crippen LogP contribution in [0.1, 0.15) is 28.9 Å². The lowest BCUT2D eigenvalue weighted by Crippen LogP contribution is -2.26. The van der Waals surface area contributed by atoms with Gasteiger partial charge in [-0.15, -0.1) is 0 Å². The summed E-state index contributed by atoms with van der Waals surface area (Å²) < 4.78 is 16.1. The smallest absolute Gasteiger partial charge is 0.343 e. The highest BCUT2D eigenvalue weighted by Crippen LogP contribution is 2.29. The van der Waals surface area contributed by atoms with Crippen LogP contribution >= 0.6 is 0 Å². The number of phenols is 1. The van der Waals surface area contributed by atoms with Crippen molar-refractivity contribution in [3.63, 3.8) is 0 Å². The summed E-state index contributed by atoms with van der Waals surface area (Å²) in [6, 6.07) is 19.8. The number of nitrogens with one attached hydrogen (secondary N) is 1. The van der Waals surface area contributed by atoms with E-state index >= 15 is 0 Å². The molecule has 0 radical (unpaired) electrons. The van der Waals surface area contributed by atoms with Crippen molar-refractivity contribution in [3.05, 3.63) is 83.9 Å². The minimum Gasteiger partial charge on any atom is -0.507 e. The molecule has 0 fully saturated rings. The summed E-state index contributed by atoms with van der Waals surface area (Å²) in [5, 5.41) is 12.9. The van der Waals surface area contributed by atoms with Crippen LogP contribution in [0.2, 0.25) is 0 Å². The van der Waals surface area contributed by atoms with E-state index in [0.717, 1.165) is 0 Å². The minimum absolute atomic E-state index is 0.0794. The van der Waals surface area contributed by atoms with Crippen molar-refractivity contribution in [2.24, 2.45) is 0 Å². The number of hydrogen-bond donors (Lipinski definition) is 2. The molecule has 0 spiro atoms. The van der Waals surface area contributed by atoms with Crippen LogP contribution in [0.25, 0.3) is 0 Å². The molecule has 2 N–H and O–H groups in total. The molecule has 7 nitrogen and oxygen atoms in total. The van der Waals surface area contributed by atoms with Gasteiger partial charge in [0.25, 0.3) is 5.91 Å². The third kappa shape index (κ3) is 5.33. The number of rotatable bonds is 8. The van der Waals surface area contributed by atoms with E-state index in [1.54, 1.807) is 54.6 Å². The summed E-state index contributed by atoms with van der Waals surface area (Å²) in [6.45, 7) is 2.27. The number of methoxy groups -OCH3 is 1. The lowest BCUT2D eigenvalue weighted by atomic mass is 10.1. The van der Waals surface area contributed by atoms with E-state index in [0.29, 0.717) is 29.4 Å². The van der Waals surface area contributed by atoms with E-state index in [1.165, 1.54) is 25.3 Å². The second-order valence-corrected chi connectivity index (χ2v) is 6.50. The Morgan fingerprint density at radius 1 is 1.00 bits per heavy atom. The molecule has 3 aromatic carbocycles. The van der Waals surface area contributed by atoms with Gasteiger partial charge in [-0.1, -0.05) is 42.5 Å². The van der Waals surface area contributed by atoms with Crippen LogP contribution < -0.4 is 14.8 Å². The molecular weight excluding hydrogens is 398 g/mol. The maximum absolute atomic E-state index is 13.1. The fourth-order valence-corrected chi connectivity index (χ4v) is 2.93. The summed E-state index contributed by atoms with van der Waals surface area (Å²) >= 11 is 0. The molecule has 3 aromatic rings. The number of esters is 1. The van der Waals surface area contributed by atoms with Crippen LogP contribution in [0.3, 0.4) is 0 Å². The molecule has 7 heteroatoms. The number of para-hydroxylation sites is 2. The first-order valence-electron chi connectivity index (χ1n) is 9.69. The van der Waals surface area contributed by atoms with Crippen LogP contribution in [0.4, 0.5) is 5.69 Å². The molecule has 1 unspecified atom stereocenters. The summed E-state index contributed by atoms with van der Waals surface area (Å²) in [4.78, 5) is 25.8. The summed E-state index contributed by atoms with van der Waals surface area (Å²) in [6.07, 6.45) is -1.25. The lowest BCUT2D eigenvalue weighted by molar-refractivity contribution is -0.125. The Bertz CT molecular complexity index is 1050. The van der Waals surface area contributed by atoms with Crippen LogP contribution in [-0.4, -0.2) is 30.7 Å². The van der Waals surface area contributed by atoms with Crippen LogP contribution in [-0.2, 0) is 9.53 Å². The zero-order chi connectivity index (χ0) is 22.2. The van der Waals surface area contributed by atoms with Crippen LogP contribution in [0, 0.1) is 0 Å². The zero-order valence-electron chi connectivity index (χ0n) is 17.2. The van der Waals surface area contributed by atoms with Crippen LogP contribution in [0.15, 0.2) is 72.8 Å². The second-order valence-electron chi connectivity index (χ2n) is 6.50. The number of benzene rings is 3. The highest BCUT2D eigenvalue weighted by atomic mass is 16.5. The predicted octanol–water partition coefficient (Wildman–Crippen LogP) is 4.34. The largest absolute Gasteiger partial charge is 0.507 e. The number of ether oxygens (including phenoxy) is 3. The first-order chi connectivity index (χ1) is 15.0. The molecule has 0 aliphatic heterocycles. The Morgan fingerprint density at radius 3 is 2.39 bits per heavy atom. The Labute approximate surface area is 180 Å². The van der Waals surface area contributed by atoms with Crippen molar-refractivity contribution >= 4 is 17.6 Å². The molecule has 0 bridgehead atoms. The first kappa shape index (κ1) is 21.7. The van der Waals surface area contributed by atoms with Crippen molar-refractivity contribution in [2.45, 2.75) is 13.0 Å². The van der Waals surface area contributed by atoms with Crippen molar-refractivity contribution < 1.29 is 28.9 Å². The SMILES string of the molecule is CCOc1ccccc1NC(=O)C(OC(=O)c1ccc(OC)cc1O)c1ccccc1. The van der Waals surface area contributed by atoms with Gasteiger partial charge < -0.3 is 24.6 Å². The average Bonchev–Trinajstić information content (AvgIpc) is 2.79. The van der Waals surface area contributed by atoms with Gasteiger partial charge in [0.2, 0.25) is 6.10 Å². The highest BCUT2D eigenvalue weighted by Gasteiger charge is 2.27. The molecule has 160 valence electrons. The predicted molar refractivity (Wildman–Crippen MR) is 115 cm³/mol. The molecule has 0 saturated carbocycles. The van der Waals surface area contributed by atoms with Gasteiger partial charge in [0.15, 0.2) is 0 Å². The monoisotopic (exact) mass is 421 g/mol. The second kappa shape index (κ2) is 10.2. The Kier molecular flexibility index (Phi) is 7.11. The van der Waals surface area contributed by atoms with Gasteiger partial charge in [0.1, 0.15) is 22.8 Å². The first-order valence-corrected chi connectivity index (χ1v) is 9.69. The molecular formula is C24H23NO6. The number of anilines is 1. The van der Waals surface area contributed by atoms with Gasteiger partial charge in [0.05, 0.1) is 19.4 Å². The van der Waals surface area contributed by atoms with E-state index < -0.39 is 18.0 Å². The number of phenolic OH excluding ortho intramolecular Hbond substituents is 1. The van der Waals surface area contributed by atoms with E-state index in [9.17, 15) is 14.7 Å².